The monoisotopic (exact) mass is 226 g/mol. The van der Waals surface area contributed by atoms with Crippen LogP contribution in [-0.4, -0.2) is 60.3 Å². The highest BCUT2D eigenvalue weighted by Gasteiger charge is 2.29. The van der Waals surface area contributed by atoms with Crippen LogP contribution in [0.25, 0.3) is 0 Å². The molecule has 1 aliphatic heterocycles. The number of piperidine rings is 1. The molecule has 3 nitrogen and oxygen atoms in total. The van der Waals surface area contributed by atoms with Gasteiger partial charge in [-0.1, -0.05) is 0 Å². The van der Waals surface area contributed by atoms with E-state index in [2.05, 4.69) is 23.9 Å². The molecular weight excluding hydrogens is 200 g/mol. The first-order chi connectivity index (χ1) is 7.66. The summed E-state index contributed by atoms with van der Waals surface area (Å²) >= 11 is 0. The number of hydrogen-bond acceptors (Lipinski definition) is 3. The van der Waals surface area contributed by atoms with Gasteiger partial charge in [-0.05, 0) is 65.7 Å². The first-order valence-corrected chi connectivity index (χ1v) is 6.75. The highest BCUT2D eigenvalue weighted by molar-refractivity contribution is 4.85. The van der Waals surface area contributed by atoms with Gasteiger partial charge in [0, 0.05) is 12.1 Å². The van der Waals surface area contributed by atoms with Crippen molar-refractivity contribution in [3.63, 3.8) is 0 Å². The summed E-state index contributed by atoms with van der Waals surface area (Å²) in [6.07, 6.45) is 7.07. The lowest BCUT2D eigenvalue weighted by Crippen LogP contribution is -2.48. The lowest BCUT2D eigenvalue weighted by Gasteiger charge is -2.41. The van der Waals surface area contributed by atoms with Crippen LogP contribution in [0.1, 0.15) is 38.5 Å². The SMILES string of the molecule is CN(C)C1CCN(C2CCCC(O)C2)CC1. The molecule has 2 fully saturated rings. The largest absolute Gasteiger partial charge is 0.393 e. The minimum Gasteiger partial charge on any atom is -0.393 e. The van der Waals surface area contributed by atoms with E-state index in [1.54, 1.807) is 0 Å². The molecule has 1 heterocycles. The van der Waals surface area contributed by atoms with E-state index in [4.69, 9.17) is 0 Å². The van der Waals surface area contributed by atoms with Gasteiger partial charge >= 0.3 is 0 Å². The molecule has 2 rings (SSSR count). The Morgan fingerprint density at radius 2 is 1.75 bits per heavy atom. The fourth-order valence-electron chi connectivity index (χ4n) is 3.24. The Hall–Kier alpha value is -0.120. The summed E-state index contributed by atoms with van der Waals surface area (Å²) in [4.78, 5) is 4.97. The van der Waals surface area contributed by atoms with E-state index in [0.717, 1.165) is 18.9 Å². The van der Waals surface area contributed by atoms with Crippen LogP contribution in [0, 0.1) is 0 Å². The Balaban J connectivity index is 1.79. The summed E-state index contributed by atoms with van der Waals surface area (Å²) < 4.78 is 0. The van der Waals surface area contributed by atoms with E-state index in [-0.39, 0.29) is 6.10 Å². The molecule has 1 saturated carbocycles. The maximum Gasteiger partial charge on any atom is 0.0555 e. The van der Waals surface area contributed by atoms with Crippen LogP contribution in [0.3, 0.4) is 0 Å². The van der Waals surface area contributed by atoms with Crippen LogP contribution in [0.4, 0.5) is 0 Å². The van der Waals surface area contributed by atoms with Crippen molar-refractivity contribution in [2.45, 2.75) is 56.7 Å². The molecule has 2 aliphatic rings. The zero-order valence-corrected chi connectivity index (χ0v) is 10.7. The van der Waals surface area contributed by atoms with Crippen molar-refractivity contribution < 1.29 is 5.11 Å². The maximum absolute atomic E-state index is 9.72. The first-order valence-electron chi connectivity index (χ1n) is 6.75. The van der Waals surface area contributed by atoms with Crippen LogP contribution in [0.5, 0.6) is 0 Å². The second-order valence-corrected chi connectivity index (χ2v) is 5.71. The zero-order chi connectivity index (χ0) is 11.5. The van der Waals surface area contributed by atoms with Gasteiger partial charge < -0.3 is 14.9 Å². The quantitative estimate of drug-likeness (QED) is 0.769. The normalized spacial score (nSPS) is 34.5. The molecule has 1 N–H and O–H groups in total. The van der Waals surface area contributed by atoms with Gasteiger partial charge in [0.05, 0.1) is 6.10 Å². The van der Waals surface area contributed by atoms with Gasteiger partial charge in [0.1, 0.15) is 0 Å². The van der Waals surface area contributed by atoms with Crippen molar-refractivity contribution in [1.29, 1.82) is 0 Å². The molecule has 0 bridgehead atoms. The molecule has 0 aromatic carbocycles. The lowest BCUT2D eigenvalue weighted by molar-refractivity contribution is 0.0393. The van der Waals surface area contributed by atoms with Crippen molar-refractivity contribution in [2.24, 2.45) is 0 Å². The van der Waals surface area contributed by atoms with E-state index in [1.165, 1.54) is 38.8 Å². The van der Waals surface area contributed by atoms with E-state index in [9.17, 15) is 5.11 Å². The van der Waals surface area contributed by atoms with Crippen molar-refractivity contribution >= 4 is 0 Å². The van der Waals surface area contributed by atoms with E-state index >= 15 is 0 Å². The van der Waals surface area contributed by atoms with Gasteiger partial charge in [-0.25, -0.2) is 0 Å². The predicted octanol–water partition coefficient (Wildman–Crippen LogP) is 1.32. The second kappa shape index (κ2) is 5.48. The third-order valence-electron chi connectivity index (χ3n) is 4.36. The predicted molar refractivity (Wildman–Crippen MR) is 66.5 cm³/mol. The molecule has 1 aliphatic carbocycles. The third-order valence-corrected chi connectivity index (χ3v) is 4.36. The summed E-state index contributed by atoms with van der Waals surface area (Å²) in [5.74, 6) is 0. The third kappa shape index (κ3) is 2.96. The van der Waals surface area contributed by atoms with Crippen LogP contribution in [-0.2, 0) is 0 Å². The average Bonchev–Trinajstić information content (AvgIpc) is 2.29. The summed E-state index contributed by atoms with van der Waals surface area (Å²) in [6.45, 7) is 2.44. The van der Waals surface area contributed by atoms with Crippen molar-refractivity contribution in [3.05, 3.63) is 0 Å². The molecule has 2 unspecified atom stereocenters. The topological polar surface area (TPSA) is 26.7 Å². The molecule has 0 aromatic heterocycles. The van der Waals surface area contributed by atoms with Crippen LogP contribution < -0.4 is 0 Å². The molecule has 0 spiro atoms. The molecule has 2 atom stereocenters. The minimum atomic E-state index is -0.0367. The van der Waals surface area contributed by atoms with E-state index in [1.807, 2.05) is 0 Å². The summed E-state index contributed by atoms with van der Waals surface area (Å²) in [7, 11) is 4.37. The molecule has 0 radical (unpaired) electrons. The molecule has 0 amide bonds. The van der Waals surface area contributed by atoms with Gasteiger partial charge in [-0.3, -0.25) is 0 Å². The standard InChI is InChI=1S/C13H26N2O/c1-14(2)11-6-8-15(9-7-11)12-4-3-5-13(16)10-12/h11-13,16H,3-10H2,1-2H3. The van der Waals surface area contributed by atoms with E-state index in [0.29, 0.717) is 6.04 Å². The fraction of sp³-hybridized carbons (Fsp3) is 1.00. The van der Waals surface area contributed by atoms with Crippen LogP contribution in [0.2, 0.25) is 0 Å². The summed E-state index contributed by atoms with van der Waals surface area (Å²) in [6, 6.07) is 1.43. The van der Waals surface area contributed by atoms with Gasteiger partial charge in [-0.15, -0.1) is 0 Å². The summed E-state index contributed by atoms with van der Waals surface area (Å²) in [5, 5.41) is 9.72. The molecular formula is C13H26N2O. The minimum absolute atomic E-state index is 0.0367. The number of nitrogens with zero attached hydrogens (tertiary/aromatic N) is 2. The Morgan fingerprint density at radius 1 is 1.06 bits per heavy atom. The Labute approximate surface area is 99.4 Å². The fourth-order valence-corrected chi connectivity index (χ4v) is 3.24. The highest BCUT2D eigenvalue weighted by Crippen LogP contribution is 2.26. The van der Waals surface area contributed by atoms with Gasteiger partial charge in [0.2, 0.25) is 0 Å². The number of likely N-dealkylation sites (tertiary alicyclic amines) is 1. The Morgan fingerprint density at radius 3 is 2.31 bits per heavy atom. The molecule has 1 saturated heterocycles. The Kier molecular flexibility index (Phi) is 4.22. The number of rotatable bonds is 2. The smallest absolute Gasteiger partial charge is 0.0555 e. The maximum atomic E-state index is 9.72. The Bertz CT molecular complexity index is 212. The van der Waals surface area contributed by atoms with Gasteiger partial charge in [0.15, 0.2) is 0 Å². The van der Waals surface area contributed by atoms with Crippen molar-refractivity contribution in [3.8, 4) is 0 Å². The second-order valence-electron chi connectivity index (χ2n) is 5.71. The molecule has 94 valence electrons. The van der Waals surface area contributed by atoms with E-state index < -0.39 is 0 Å². The van der Waals surface area contributed by atoms with Crippen molar-refractivity contribution in [2.75, 3.05) is 27.2 Å². The highest BCUT2D eigenvalue weighted by atomic mass is 16.3. The number of aliphatic hydroxyl groups is 1. The first kappa shape index (κ1) is 12.3. The zero-order valence-electron chi connectivity index (χ0n) is 10.7. The molecule has 0 aromatic rings. The van der Waals surface area contributed by atoms with Crippen LogP contribution in [0.15, 0.2) is 0 Å². The lowest BCUT2D eigenvalue weighted by atomic mass is 9.90. The number of aliphatic hydroxyl groups excluding tert-OH is 1. The van der Waals surface area contributed by atoms with Crippen LogP contribution >= 0.6 is 0 Å². The number of hydrogen-bond donors (Lipinski definition) is 1. The van der Waals surface area contributed by atoms with Gasteiger partial charge in [-0.2, -0.15) is 0 Å². The summed E-state index contributed by atoms with van der Waals surface area (Å²) in [5.41, 5.74) is 0. The average molecular weight is 226 g/mol. The molecule has 3 heteroatoms. The van der Waals surface area contributed by atoms with Crippen molar-refractivity contribution in [1.82, 2.24) is 9.80 Å². The molecule has 16 heavy (non-hydrogen) atoms. The van der Waals surface area contributed by atoms with Gasteiger partial charge in [0.25, 0.3) is 0 Å².